The number of aryl methyl sites for hydroxylation is 2. The summed E-state index contributed by atoms with van der Waals surface area (Å²) in [4.78, 5) is 8.64. The SMILES string of the molecule is CN=C(NCCc1ccc(C(F)(F)F)cc1)NCc1ccc(-n2nc(C)cc2C)nc1.I. The highest BCUT2D eigenvalue weighted by atomic mass is 127. The fourth-order valence-corrected chi connectivity index (χ4v) is 3.10. The van der Waals surface area contributed by atoms with Crippen molar-refractivity contribution >= 4 is 29.9 Å². The number of benzene rings is 1. The minimum Gasteiger partial charge on any atom is -0.356 e. The predicted octanol–water partition coefficient (Wildman–Crippen LogP) is 4.43. The molecule has 0 radical (unpaired) electrons. The second-order valence-electron chi connectivity index (χ2n) is 7.16. The third kappa shape index (κ3) is 6.94. The van der Waals surface area contributed by atoms with E-state index < -0.39 is 11.7 Å². The van der Waals surface area contributed by atoms with Gasteiger partial charge in [-0.05, 0) is 55.7 Å². The number of rotatable bonds is 6. The molecule has 32 heavy (non-hydrogen) atoms. The highest BCUT2D eigenvalue weighted by Crippen LogP contribution is 2.29. The maximum atomic E-state index is 12.6. The van der Waals surface area contributed by atoms with E-state index in [0.29, 0.717) is 25.5 Å². The molecule has 2 N–H and O–H groups in total. The van der Waals surface area contributed by atoms with Gasteiger partial charge in [0.1, 0.15) is 0 Å². The summed E-state index contributed by atoms with van der Waals surface area (Å²) in [5, 5.41) is 10.8. The Hall–Kier alpha value is -2.63. The van der Waals surface area contributed by atoms with E-state index in [0.717, 1.165) is 40.5 Å². The molecule has 2 aromatic heterocycles. The molecule has 0 aliphatic heterocycles. The average molecular weight is 558 g/mol. The summed E-state index contributed by atoms with van der Waals surface area (Å²) in [5.74, 6) is 1.36. The van der Waals surface area contributed by atoms with Crippen LogP contribution in [0.1, 0.15) is 28.1 Å². The van der Waals surface area contributed by atoms with Crippen molar-refractivity contribution in [2.24, 2.45) is 4.99 Å². The van der Waals surface area contributed by atoms with Crippen molar-refractivity contribution in [3.63, 3.8) is 0 Å². The topological polar surface area (TPSA) is 67.1 Å². The van der Waals surface area contributed by atoms with Crippen molar-refractivity contribution in [1.82, 2.24) is 25.4 Å². The van der Waals surface area contributed by atoms with Gasteiger partial charge in [-0.2, -0.15) is 18.3 Å². The average Bonchev–Trinajstić information content (AvgIpc) is 3.08. The fourth-order valence-electron chi connectivity index (χ4n) is 3.10. The van der Waals surface area contributed by atoms with Crippen LogP contribution in [-0.4, -0.2) is 34.3 Å². The van der Waals surface area contributed by atoms with Crippen molar-refractivity contribution < 1.29 is 13.2 Å². The summed E-state index contributed by atoms with van der Waals surface area (Å²) in [6.45, 7) is 5.00. The Balaban J connectivity index is 0.00000363. The lowest BCUT2D eigenvalue weighted by molar-refractivity contribution is -0.137. The number of nitrogens with zero attached hydrogens (tertiary/aromatic N) is 4. The summed E-state index contributed by atoms with van der Waals surface area (Å²) >= 11 is 0. The van der Waals surface area contributed by atoms with E-state index in [2.05, 4.69) is 25.7 Å². The molecule has 0 atom stereocenters. The fraction of sp³-hybridized carbons (Fsp3) is 0.318. The molecular formula is C22H26F3IN6. The number of guanidine groups is 1. The van der Waals surface area contributed by atoms with Gasteiger partial charge in [0.2, 0.25) is 0 Å². The van der Waals surface area contributed by atoms with Crippen molar-refractivity contribution in [2.75, 3.05) is 13.6 Å². The maximum absolute atomic E-state index is 12.6. The predicted molar refractivity (Wildman–Crippen MR) is 130 cm³/mol. The smallest absolute Gasteiger partial charge is 0.356 e. The second kappa shape index (κ2) is 11.3. The van der Waals surface area contributed by atoms with Crippen LogP contribution in [0.25, 0.3) is 5.82 Å². The van der Waals surface area contributed by atoms with Crippen LogP contribution >= 0.6 is 24.0 Å². The van der Waals surface area contributed by atoms with Crippen LogP contribution in [0.3, 0.4) is 0 Å². The molecule has 10 heteroatoms. The van der Waals surface area contributed by atoms with E-state index in [9.17, 15) is 13.2 Å². The van der Waals surface area contributed by atoms with Crippen LogP contribution in [0.15, 0.2) is 53.7 Å². The van der Waals surface area contributed by atoms with E-state index in [-0.39, 0.29) is 24.0 Å². The molecule has 0 bridgehead atoms. The van der Waals surface area contributed by atoms with Gasteiger partial charge in [0, 0.05) is 32.0 Å². The lowest BCUT2D eigenvalue weighted by Gasteiger charge is -2.13. The van der Waals surface area contributed by atoms with Crippen molar-refractivity contribution in [3.8, 4) is 5.82 Å². The molecule has 0 unspecified atom stereocenters. The van der Waals surface area contributed by atoms with Crippen molar-refractivity contribution in [2.45, 2.75) is 33.0 Å². The quantitative estimate of drug-likeness (QED) is 0.267. The Bertz CT molecular complexity index is 1030. The van der Waals surface area contributed by atoms with Crippen LogP contribution in [-0.2, 0) is 19.1 Å². The van der Waals surface area contributed by atoms with Gasteiger partial charge in [0.15, 0.2) is 11.8 Å². The first-order valence-corrected chi connectivity index (χ1v) is 9.85. The normalized spacial score (nSPS) is 11.8. The summed E-state index contributed by atoms with van der Waals surface area (Å²) in [6.07, 6.45) is -1.95. The molecule has 0 saturated carbocycles. The number of hydrogen-bond acceptors (Lipinski definition) is 3. The highest BCUT2D eigenvalue weighted by Gasteiger charge is 2.29. The first-order valence-electron chi connectivity index (χ1n) is 9.85. The molecule has 0 saturated heterocycles. The standard InChI is InChI=1S/C22H25F3N6.HI/c1-15-12-16(2)31(30-15)20-9-6-18(13-28-20)14-29-21(26-3)27-11-10-17-4-7-19(8-5-17)22(23,24)25;/h4-9,12-13H,10-11,14H2,1-3H3,(H2,26,27,29);1H. The van der Waals surface area contributed by atoms with Crippen LogP contribution in [0.2, 0.25) is 0 Å². The number of pyridine rings is 1. The number of aliphatic imine (C=N–C) groups is 1. The highest BCUT2D eigenvalue weighted by molar-refractivity contribution is 14.0. The van der Waals surface area contributed by atoms with Gasteiger partial charge in [-0.3, -0.25) is 4.99 Å². The molecule has 0 spiro atoms. The van der Waals surface area contributed by atoms with Gasteiger partial charge in [-0.25, -0.2) is 9.67 Å². The second-order valence-corrected chi connectivity index (χ2v) is 7.16. The molecule has 3 aromatic rings. The number of aromatic nitrogens is 3. The molecule has 0 fully saturated rings. The minimum absolute atomic E-state index is 0. The van der Waals surface area contributed by atoms with Crippen LogP contribution in [0, 0.1) is 13.8 Å². The molecule has 0 aliphatic rings. The van der Waals surface area contributed by atoms with Gasteiger partial charge in [-0.1, -0.05) is 18.2 Å². The first kappa shape index (κ1) is 25.6. The Morgan fingerprint density at radius 1 is 1.03 bits per heavy atom. The summed E-state index contributed by atoms with van der Waals surface area (Å²) < 4.78 is 39.7. The molecular weight excluding hydrogens is 532 g/mol. The molecule has 2 heterocycles. The molecule has 172 valence electrons. The number of halogens is 4. The third-order valence-electron chi connectivity index (χ3n) is 4.71. The van der Waals surface area contributed by atoms with E-state index in [1.54, 1.807) is 17.9 Å². The summed E-state index contributed by atoms with van der Waals surface area (Å²) in [7, 11) is 1.66. The molecule has 1 aromatic carbocycles. The van der Waals surface area contributed by atoms with Crippen LogP contribution < -0.4 is 10.6 Å². The molecule has 3 rings (SSSR count). The number of hydrogen-bond donors (Lipinski definition) is 2. The maximum Gasteiger partial charge on any atom is 0.416 e. The zero-order chi connectivity index (χ0) is 22.4. The third-order valence-corrected chi connectivity index (χ3v) is 4.71. The zero-order valence-corrected chi connectivity index (χ0v) is 20.4. The van der Waals surface area contributed by atoms with Crippen molar-refractivity contribution in [3.05, 3.63) is 76.7 Å². The van der Waals surface area contributed by atoms with Crippen molar-refractivity contribution in [1.29, 1.82) is 0 Å². The molecule has 6 nitrogen and oxygen atoms in total. The van der Waals surface area contributed by atoms with Gasteiger partial charge in [-0.15, -0.1) is 24.0 Å². The van der Waals surface area contributed by atoms with E-state index >= 15 is 0 Å². The van der Waals surface area contributed by atoms with Crippen LogP contribution in [0.4, 0.5) is 13.2 Å². The van der Waals surface area contributed by atoms with Crippen LogP contribution in [0.5, 0.6) is 0 Å². The largest absolute Gasteiger partial charge is 0.416 e. The zero-order valence-electron chi connectivity index (χ0n) is 18.1. The monoisotopic (exact) mass is 558 g/mol. The Morgan fingerprint density at radius 2 is 1.72 bits per heavy atom. The van der Waals surface area contributed by atoms with Gasteiger partial charge in [0.25, 0.3) is 0 Å². The molecule has 0 aliphatic carbocycles. The van der Waals surface area contributed by atoms with E-state index in [1.807, 2.05) is 32.0 Å². The molecule has 0 amide bonds. The number of alkyl halides is 3. The number of nitrogens with one attached hydrogen (secondary N) is 2. The minimum atomic E-state index is -4.31. The van der Waals surface area contributed by atoms with Gasteiger partial charge >= 0.3 is 6.18 Å². The lowest BCUT2D eigenvalue weighted by atomic mass is 10.1. The Kier molecular flexibility index (Phi) is 9.05. The lowest BCUT2D eigenvalue weighted by Crippen LogP contribution is -2.37. The Morgan fingerprint density at radius 3 is 2.25 bits per heavy atom. The Labute approximate surface area is 202 Å². The first-order chi connectivity index (χ1) is 14.8. The van der Waals surface area contributed by atoms with E-state index in [1.165, 1.54) is 12.1 Å². The van der Waals surface area contributed by atoms with Gasteiger partial charge < -0.3 is 10.6 Å². The summed E-state index contributed by atoms with van der Waals surface area (Å²) in [6, 6.07) is 11.1. The van der Waals surface area contributed by atoms with E-state index in [4.69, 9.17) is 0 Å². The van der Waals surface area contributed by atoms with Gasteiger partial charge in [0.05, 0.1) is 11.3 Å². The summed E-state index contributed by atoms with van der Waals surface area (Å²) in [5.41, 5.74) is 3.12.